The van der Waals surface area contributed by atoms with Crippen LogP contribution >= 0.6 is 0 Å². The van der Waals surface area contributed by atoms with Crippen molar-refractivity contribution in [3.8, 4) is 0 Å². The van der Waals surface area contributed by atoms with Crippen LogP contribution in [0.5, 0.6) is 0 Å². The van der Waals surface area contributed by atoms with Crippen molar-refractivity contribution in [1.82, 2.24) is 0 Å². The molecule has 0 aliphatic carbocycles. The summed E-state index contributed by atoms with van der Waals surface area (Å²) in [5.41, 5.74) is 4.54. The van der Waals surface area contributed by atoms with Crippen LogP contribution in [0.3, 0.4) is 0 Å². The van der Waals surface area contributed by atoms with E-state index in [1.54, 1.807) is 5.56 Å². The molecule has 18 heavy (non-hydrogen) atoms. The lowest BCUT2D eigenvalue weighted by atomic mass is 9.89. The number of hydrogen-bond donors (Lipinski definition) is 1. The molecule has 1 N–H and O–H groups in total. The summed E-state index contributed by atoms with van der Waals surface area (Å²) in [7, 11) is 0. The number of rotatable bonds is 6. The molecule has 0 fully saturated rings. The van der Waals surface area contributed by atoms with Crippen LogP contribution in [-0.4, -0.2) is 6.54 Å². The first-order valence-electron chi connectivity index (χ1n) is 7.69. The zero-order valence-electron chi connectivity index (χ0n) is 12.0. The van der Waals surface area contributed by atoms with Gasteiger partial charge in [-0.3, -0.25) is 0 Å². The van der Waals surface area contributed by atoms with Gasteiger partial charge < -0.3 is 5.32 Å². The summed E-state index contributed by atoms with van der Waals surface area (Å²) in [6, 6.07) is 6.86. The molecule has 1 heterocycles. The molecule has 100 valence electrons. The van der Waals surface area contributed by atoms with Gasteiger partial charge in [-0.2, -0.15) is 0 Å². The van der Waals surface area contributed by atoms with E-state index in [9.17, 15) is 0 Å². The van der Waals surface area contributed by atoms with Crippen molar-refractivity contribution >= 4 is 5.69 Å². The smallest absolute Gasteiger partial charge is 0.0405 e. The van der Waals surface area contributed by atoms with Crippen molar-refractivity contribution in [1.29, 1.82) is 0 Å². The van der Waals surface area contributed by atoms with Crippen molar-refractivity contribution in [2.24, 2.45) is 5.92 Å². The lowest BCUT2D eigenvalue weighted by Crippen LogP contribution is -2.15. The highest BCUT2D eigenvalue weighted by molar-refractivity contribution is 5.59. The Kier molecular flexibility index (Phi) is 5.10. The van der Waals surface area contributed by atoms with Crippen molar-refractivity contribution in [3.05, 3.63) is 29.3 Å². The van der Waals surface area contributed by atoms with Crippen LogP contribution in [0.4, 0.5) is 5.69 Å². The molecule has 2 rings (SSSR count). The normalized spacial score (nSPS) is 15.9. The number of fused-ring (bicyclic) bond motifs is 1. The third-order valence-corrected chi connectivity index (χ3v) is 4.21. The second-order valence-corrected chi connectivity index (χ2v) is 5.60. The Morgan fingerprint density at radius 3 is 2.94 bits per heavy atom. The van der Waals surface area contributed by atoms with Crippen molar-refractivity contribution in [2.45, 2.75) is 58.8 Å². The van der Waals surface area contributed by atoms with E-state index in [2.05, 4.69) is 37.4 Å². The molecule has 0 saturated carbocycles. The number of hydrogen-bond acceptors (Lipinski definition) is 1. The standard InChI is InChI=1S/C17H27N/c1-3-5-8-14(4-2)13-16-10-6-9-15-11-7-12-18-17(15)16/h6,9-10,14,18H,3-5,7-8,11-13H2,1-2H3. The van der Waals surface area contributed by atoms with E-state index < -0.39 is 0 Å². The van der Waals surface area contributed by atoms with Gasteiger partial charge in [0.1, 0.15) is 0 Å². The number of aryl methyl sites for hydroxylation is 1. The fourth-order valence-corrected chi connectivity index (χ4v) is 3.01. The van der Waals surface area contributed by atoms with E-state index in [4.69, 9.17) is 0 Å². The van der Waals surface area contributed by atoms with Gasteiger partial charge in [0.05, 0.1) is 0 Å². The molecule has 0 bridgehead atoms. The van der Waals surface area contributed by atoms with Gasteiger partial charge in [0.25, 0.3) is 0 Å². The van der Waals surface area contributed by atoms with Crippen molar-refractivity contribution in [3.63, 3.8) is 0 Å². The molecule has 1 nitrogen and oxygen atoms in total. The first-order valence-corrected chi connectivity index (χ1v) is 7.69. The Morgan fingerprint density at radius 2 is 2.17 bits per heavy atom. The Labute approximate surface area is 112 Å². The minimum atomic E-state index is 0.861. The van der Waals surface area contributed by atoms with Gasteiger partial charge >= 0.3 is 0 Å². The van der Waals surface area contributed by atoms with Gasteiger partial charge in [0, 0.05) is 12.2 Å². The first kappa shape index (κ1) is 13.5. The summed E-state index contributed by atoms with van der Waals surface area (Å²) < 4.78 is 0. The molecule has 1 aromatic carbocycles. The molecule has 0 radical (unpaired) electrons. The number of nitrogens with one attached hydrogen (secondary N) is 1. The monoisotopic (exact) mass is 245 g/mol. The molecule has 1 aromatic rings. The highest BCUT2D eigenvalue weighted by Gasteiger charge is 2.15. The molecular formula is C17H27N. The predicted octanol–water partition coefficient (Wildman–Crippen LogP) is 4.80. The van der Waals surface area contributed by atoms with Crippen LogP contribution in [0, 0.1) is 5.92 Å². The van der Waals surface area contributed by atoms with Crippen LogP contribution in [0.1, 0.15) is 57.1 Å². The molecule has 1 aliphatic rings. The molecule has 0 aromatic heterocycles. The van der Waals surface area contributed by atoms with E-state index in [0.29, 0.717) is 0 Å². The largest absolute Gasteiger partial charge is 0.385 e. The summed E-state index contributed by atoms with van der Waals surface area (Å²) >= 11 is 0. The summed E-state index contributed by atoms with van der Waals surface area (Å²) in [6.07, 6.45) is 9.18. The SMILES string of the molecule is CCCCC(CC)Cc1cccc2c1NCCC2. The zero-order chi connectivity index (χ0) is 12.8. The summed E-state index contributed by atoms with van der Waals surface area (Å²) in [5, 5.41) is 3.62. The number of unbranched alkanes of at least 4 members (excludes halogenated alkanes) is 1. The Bertz CT molecular complexity index is 370. The quantitative estimate of drug-likeness (QED) is 0.759. The topological polar surface area (TPSA) is 12.0 Å². The molecule has 0 amide bonds. The third kappa shape index (κ3) is 3.28. The van der Waals surface area contributed by atoms with E-state index in [1.165, 1.54) is 56.2 Å². The van der Waals surface area contributed by atoms with Crippen molar-refractivity contribution < 1.29 is 0 Å². The minimum absolute atomic E-state index is 0.861. The summed E-state index contributed by atoms with van der Waals surface area (Å²) in [4.78, 5) is 0. The maximum absolute atomic E-state index is 3.62. The van der Waals surface area contributed by atoms with E-state index in [-0.39, 0.29) is 0 Å². The van der Waals surface area contributed by atoms with E-state index in [1.807, 2.05) is 0 Å². The fourth-order valence-electron chi connectivity index (χ4n) is 3.01. The zero-order valence-corrected chi connectivity index (χ0v) is 12.0. The number of benzene rings is 1. The number of para-hydroxylation sites is 1. The van der Waals surface area contributed by atoms with Gasteiger partial charge in [0.15, 0.2) is 0 Å². The Morgan fingerprint density at radius 1 is 1.28 bits per heavy atom. The Hall–Kier alpha value is -0.980. The van der Waals surface area contributed by atoms with Gasteiger partial charge in [-0.15, -0.1) is 0 Å². The van der Waals surface area contributed by atoms with Crippen LogP contribution < -0.4 is 5.32 Å². The molecule has 1 atom stereocenters. The van der Waals surface area contributed by atoms with Crippen LogP contribution in [0.15, 0.2) is 18.2 Å². The summed E-state index contributed by atoms with van der Waals surface area (Å²) in [6.45, 7) is 5.78. The predicted molar refractivity (Wildman–Crippen MR) is 80.3 cm³/mol. The van der Waals surface area contributed by atoms with Gasteiger partial charge in [0.2, 0.25) is 0 Å². The molecule has 0 spiro atoms. The minimum Gasteiger partial charge on any atom is -0.385 e. The number of anilines is 1. The second kappa shape index (κ2) is 6.82. The Balaban J connectivity index is 2.08. The van der Waals surface area contributed by atoms with Gasteiger partial charge in [-0.1, -0.05) is 57.7 Å². The van der Waals surface area contributed by atoms with Crippen LogP contribution in [0.2, 0.25) is 0 Å². The van der Waals surface area contributed by atoms with Gasteiger partial charge in [-0.25, -0.2) is 0 Å². The van der Waals surface area contributed by atoms with Gasteiger partial charge in [-0.05, 0) is 36.3 Å². The average Bonchev–Trinajstić information content (AvgIpc) is 2.43. The van der Waals surface area contributed by atoms with E-state index >= 15 is 0 Å². The fraction of sp³-hybridized carbons (Fsp3) is 0.647. The highest BCUT2D eigenvalue weighted by Crippen LogP contribution is 2.29. The van der Waals surface area contributed by atoms with E-state index in [0.717, 1.165) is 12.5 Å². The van der Waals surface area contributed by atoms with Crippen LogP contribution in [-0.2, 0) is 12.8 Å². The van der Waals surface area contributed by atoms with Crippen molar-refractivity contribution in [2.75, 3.05) is 11.9 Å². The maximum Gasteiger partial charge on any atom is 0.0405 e. The summed E-state index contributed by atoms with van der Waals surface area (Å²) in [5.74, 6) is 0.861. The lowest BCUT2D eigenvalue weighted by Gasteiger charge is -2.23. The molecule has 1 unspecified atom stereocenters. The molecule has 1 heteroatoms. The lowest BCUT2D eigenvalue weighted by molar-refractivity contribution is 0.449. The first-order chi connectivity index (χ1) is 8.85. The molecule has 0 saturated heterocycles. The second-order valence-electron chi connectivity index (χ2n) is 5.60. The maximum atomic E-state index is 3.62. The molecular weight excluding hydrogens is 218 g/mol. The average molecular weight is 245 g/mol. The van der Waals surface area contributed by atoms with Crippen LogP contribution in [0.25, 0.3) is 0 Å². The highest BCUT2D eigenvalue weighted by atomic mass is 14.9. The third-order valence-electron chi connectivity index (χ3n) is 4.21. The molecule has 1 aliphatic heterocycles.